The Hall–Kier alpha value is -8.76. The second-order valence-electron chi connectivity index (χ2n) is 18.4. The van der Waals surface area contributed by atoms with Gasteiger partial charge in [0.25, 0.3) is 0 Å². The lowest BCUT2D eigenvalue weighted by Gasteiger charge is -2.34. The van der Waals surface area contributed by atoms with E-state index in [4.69, 9.17) is 4.42 Å². The lowest BCUT2D eigenvalue weighted by atomic mass is 9.68. The molecule has 1 aliphatic rings. The first-order valence-corrected chi connectivity index (χ1v) is 24.8. The van der Waals surface area contributed by atoms with Crippen LogP contribution in [0.25, 0.3) is 86.6 Å². The van der Waals surface area contributed by atoms with Gasteiger partial charge in [-0.1, -0.05) is 194 Å². The number of thiophene rings is 1. The fourth-order valence-electron chi connectivity index (χ4n) is 11.4. The van der Waals surface area contributed by atoms with Gasteiger partial charge < -0.3 is 9.32 Å². The van der Waals surface area contributed by atoms with Crippen LogP contribution in [-0.2, 0) is 5.41 Å². The number of para-hydroxylation sites is 1. The average Bonchev–Trinajstić information content (AvgIpc) is 4.10. The number of nitrogens with zero attached hydrogens (tertiary/aromatic N) is 1. The molecule has 0 atom stereocenters. The van der Waals surface area contributed by atoms with E-state index in [1.54, 1.807) is 0 Å². The lowest BCUT2D eigenvalue weighted by molar-refractivity contribution is 0.669. The quantitative estimate of drug-likeness (QED) is 0.151. The van der Waals surface area contributed by atoms with Crippen molar-refractivity contribution in [3.05, 3.63) is 283 Å². The number of anilines is 3. The van der Waals surface area contributed by atoms with Crippen molar-refractivity contribution in [2.75, 3.05) is 4.90 Å². The van der Waals surface area contributed by atoms with Gasteiger partial charge >= 0.3 is 0 Å². The van der Waals surface area contributed by atoms with Gasteiger partial charge in [-0.2, -0.15) is 0 Å². The molecule has 70 heavy (non-hydrogen) atoms. The minimum absolute atomic E-state index is 0.473. The molecular formula is C67H43NOS. The van der Waals surface area contributed by atoms with Crippen LogP contribution >= 0.6 is 11.3 Å². The predicted molar refractivity (Wildman–Crippen MR) is 295 cm³/mol. The molecule has 0 amide bonds. The van der Waals surface area contributed by atoms with Gasteiger partial charge in [0, 0.05) is 48.0 Å². The Morgan fingerprint density at radius 2 is 0.857 bits per heavy atom. The standard InChI is InChI=1S/C67H43NOS/c1-3-17-49(18-4-1)67(50-19-5-2-6-20-50)61-26-10-7-21-55(61)60-43-53(38-40-62(60)67)68(52-36-31-45(32-37-52)47-33-39-57-56-22-8-11-27-63(56)69-64(57)42-47)51-34-29-44(30-35-51)46-15-13-16-48(41-46)54-24-14-25-59-58-23-9-12-28-65(58)70-66(54)59/h1-43H. The molecule has 13 aromatic rings. The molecule has 2 aromatic heterocycles. The van der Waals surface area contributed by atoms with Gasteiger partial charge in [-0.25, -0.2) is 0 Å². The first-order valence-electron chi connectivity index (χ1n) is 24.0. The van der Waals surface area contributed by atoms with Gasteiger partial charge in [-0.3, -0.25) is 0 Å². The Morgan fingerprint density at radius 1 is 0.314 bits per heavy atom. The van der Waals surface area contributed by atoms with Crippen molar-refractivity contribution < 1.29 is 4.42 Å². The van der Waals surface area contributed by atoms with Crippen LogP contribution < -0.4 is 4.90 Å². The maximum absolute atomic E-state index is 6.32. The van der Waals surface area contributed by atoms with Crippen molar-refractivity contribution in [3.63, 3.8) is 0 Å². The summed E-state index contributed by atoms with van der Waals surface area (Å²) in [5.74, 6) is 0. The third-order valence-corrected chi connectivity index (χ3v) is 15.8. The molecule has 14 rings (SSSR count). The second-order valence-corrected chi connectivity index (χ2v) is 19.4. The van der Waals surface area contributed by atoms with Gasteiger partial charge in [0.2, 0.25) is 0 Å². The summed E-state index contributed by atoms with van der Waals surface area (Å²) in [5.41, 5.74) is 19.3. The van der Waals surface area contributed by atoms with Crippen molar-refractivity contribution in [2.45, 2.75) is 5.41 Å². The van der Waals surface area contributed by atoms with Gasteiger partial charge in [0.1, 0.15) is 11.2 Å². The van der Waals surface area contributed by atoms with Crippen LogP contribution in [0, 0.1) is 0 Å². The second kappa shape index (κ2) is 16.2. The Labute approximate surface area is 410 Å². The highest BCUT2D eigenvalue weighted by Crippen LogP contribution is 2.57. The molecule has 0 radical (unpaired) electrons. The van der Waals surface area contributed by atoms with Gasteiger partial charge in [-0.15, -0.1) is 11.3 Å². The summed E-state index contributed by atoms with van der Waals surface area (Å²) in [7, 11) is 0. The van der Waals surface area contributed by atoms with Crippen molar-refractivity contribution in [1.29, 1.82) is 0 Å². The molecule has 3 heteroatoms. The number of benzene rings is 11. The molecule has 0 aliphatic heterocycles. The summed E-state index contributed by atoms with van der Waals surface area (Å²) < 4.78 is 8.96. The first kappa shape index (κ1) is 40.3. The molecule has 328 valence electrons. The van der Waals surface area contributed by atoms with Crippen LogP contribution in [-0.4, -0.2) is 0 Å². The molecule has 11 aromatic carbocycles. The molecule has 0 fully saturated rings. The molecule has 0 saturated heterocycles. The molecule has 0 unspecified atom stereocenters. The average molecular weight is 910 g/mol. The summed E-state index contributed by atoms with van der Waals surface area (Å²) in [4.78, 5) is 2.41. The maximum atomic E-state index is 6.32. The molecular weight excluding hydrogens is 867 g/mol. The van der Waals surface area contributed by atoms with Crippen molar-refractivity contribution in [2.24, 2.45) is 0 Å². The fourth-order valence-corrected chi connectivity index (χ4v) is 12.6. The topological polar surface area (TPSA) is 16.4 Å². The van der Waals surface area contributed by atoms with Crippen LogP contribution in [0.3, 0.4) is 0 Å². The zero-order valence-electron chi connectivity index (χ0n) is 38.1. The highest BCUT2D eigenvalue weighted by atomic mass is 32.1. The van der Waals surface area contributed by atoms with Crippen LogP contribution in [0.4, 0.5) is 17.1 Å². The molecule has 0 saturated carbocycles. The third kappa shape index (κ3) is 6.32. The van der Waals surface area contributed by atoms with Crippen molar-refractivity contribution in [3.8, 4) is 44.5 Å². The van der Waals surface area contributed by atoms with E-state index >= 15 is 0 Å². The minimum atomic E-state index is -0.473. The zero-order chi connectivity index (χ0) is 46.2. The smallest absolute Gasteiger partial charge is 0.136 e. The van der Waals surface area contributed by atoms with Crippen LogP contribution in [0.5, 0.6) is 0 Å². The number of furan rings is 1. The summed E-state index contributed by atoms with van der Waals surface area (Å²) in [6.07, 6.45) is 0. The molecule has 0 bridgehead atoms. The van der Waals surface area contributed by atoms with Crippen LogP contribution in [0.1, 0.15) is 22.3 Å². The number of hydrogen-bond donors (Lipinski definition) is 0. The molecule has 2 heterocycles. The Kier molecular flexibility index (Phi) is 9.33. The van der Waals surface area contributed by atoms with Gasteiger partial charge in [-0.05, 0) is 133 Å². The molecule has 1 aliphatic carbocycles. The van der Waals surface area contributed by atoms with E-state index in [2.05, 4.69) is 254 Å². The van der Waals surface area contributed by atoms with E-state index in [1.807, 2.05) is 23.5 Å². The predicted octanol–water partition coefficient (Wildman–Crippen LogP) is 18.8. The van der Waals surface area contributed by atoms with E-state index in [0.717, 1.165) is 50.1 Å². The fraction of sp³-hybridized carbons (Fsp3) is 0.0149. The van der Waals surface area contributed by atoms with Crippen LogP contribution in [0.2, 0.25) is 0 Å². The summed E-state index contributed by atoms with van der Waals surface area (Å²) in [6, 6.07) is 95.5. The van der Waals surface area contributed by atoms with E-state index in [-0.39, 0.29) is 0 Å². The minimum Gasteiger partial charge on any atom is -0.456 e. The number of rotatable bonds is 8. The van der Waals surface area contributed by atoms with Gasteiger partial charge in [0.15, 0.2) is 0 Å². The van der Waals surface area contributed by atoms with Crippen LogP contribution in [0.15, 0.2) is 265 Å². The summed E-state index contributed by atoms with van der Waals surface area (Å²) >= 11 is 1.88. The molecule has 0 N–H and O–H groups in total. The first-order chi connectivity index (χ1) is 34.7. The normalized spacial score (nSPS) is 12.7. The Bertz CT molecular complexity index is 4070. The SMILES string of the molecule is c1ccc(C2(c3ccccc3)c3ccccc3-c3cc(N(c4ccc(-c5cccc(-c6cccc7c6sc6ccccc67)c5)cc4)c4ccc(-c5ccc6c(c5)oc5ccccc56)cc4)ccc32)cc1. The van der Waals surface area contributed by atoms with E-state index in [0.29, 0.717) is 0 Å². The summed E-state index contributed by atoms with van der Waals surface area (Å²) in [5, 5.41) is 4.90. The highest BCUT2D eigenvalue weighted by Gasteiger charge is 2.46. The van der Waals surface area contributed by atoms with Crippen molar-refractivity contribution >= 4 is 70.5 Å². The Morgan fingerprint density at radius 3 is 1.61 bits per heavy atom. The Balaban J connectivity index is 0.891. The van der Waals surface area contributed by atoms with E-state index < -0.39 is 5.41 Å². The lowest BCUT2D eigenvalue weighted by Crippen LogP contribution is -2.28. The maximum Gasteiger partial charge on any atom is 0.136 e. The zero-order valence-corrected chi connectivity index (χ0v) is 38.9. The largest absolute Gasteiger partial charge is 0.456 e. The van der Waals surface area contributed by atoms with E-state index in [1.165, 1.54) is 75.8 Å². The van der Waals surface area contributed by atoms with Crippen molar-refractivity contribution in [1.82, 2.24) is 0 Å². The van der Waals surface area contributed by atoms with Gasteiger partial charge in [0.05, 0.1) is 5.41 Å². The molecule has 2 nitrogen and oxygen atoms in total. The monoisotopic (exact) mass is 909 g/mol. The third-order valence-electron chi connectivity index (χ3n) is 14.6. The molecule has 0 spiro atoms. The highest BCUT2D eigenvalue weighted by molar-refractivity contribution is 7.26. The number of fused-ring (bicyclic) bond motifs is 9. The number of hydrogen-bond acceptors (Lipinski definition) is 3. The summed E-state index contributed by atoms with van der Waals surface area (Å²) in [6.45, 7) is 0. The van der Waals surface area contributed by atoms with E-state index in [9.17, 15) is 0 Å².